The highest BCUT2D eigenvalue weighted by molar-refractivity contribution is 5.91. The summed E-state index contributed by atoms with van der Waals surface area (Å²) in [7, 11) is 0. The average Bonchev–Trinajstić information content (AvgIpc) is 2.73. The summed E-state index contributed by atoms with van der Waals surface area (Å²) in [4.78, 5) is 26.7. The lowest BCUT2D eigenvalue weighted by Gasteiger charge is -2.30. The standard InChI is InChI=1S/C23H23N3O2/c27-22(15-19-10-5-9-17-7-1-3-12-20(17)19)24-25-23(28)16-26-14-6-11-18-8-2-4-13-21(18)26/h1-5,7-10,12-13H,6,11,14-16H2,(H,24,27)(H,25,28). The third-order valence-corrected chi connectivity index (χ3v) is 5.11. The average molecular weight is 373 g/mol. The van der Waals surface area contributed by atoms with E-state index in [0.717, 1.165) is 41.4 Å². The monoisotopic (exact) mass is 373 g/mol. The summed E-state index contributed by atoms with van der Waals surface area (Å²) in [6.07, 6.45) is 2.28. The number of nitrogens with zero attached hydrogens (tertiary/aromatic N) is 1. The van der Waals surface area contributed by atoms with Crippen molar-refractivity contribution >= 4 is 28.3 Å². The van der Waals surface area contributed by atoms with Crippen LogP contribution < -0.4 is 15.8 Å². The number of nitrogens with one attached hydrogen (secondary N) is 2. The highest BCUT2D eigenvalue weighted by Gasteiger charge is 2.18. The Morgan fingerprint density at radius 2 is 1.61 bits per heavy atom. The van der Waals surface area contributed by atoms with Gasteiger partial charge in [0.15, 0.2) is 0 Å². The largest absolute Gasteiger partial charge is 0.362 e. The number of para-hydroxylation sites is 1. The van der Waals surface area contributed by atoms with Crippen LogP contribution in [0.2, 0.25) is 0 Å². The van der Waals surface area contributed by atoms with E-state index in [-0.39, 0.29) is 24.8 Å². The summed E-state index contributed by atoms with van der Waals surface area (Å²) in [6, 6.07) is 22.0. The molecule has 0 saturated heterocycles. The highest BCUT2D eigenvalue weighted by atomic mass is 16.2. The van der Waals surface area contributed by atoms with E-state index in [9.17, 15) is 9.59 Å². The van der Waals surface area contributed by atoms with E-state index in [0.29, 0.717) is 0 Å². The predicted molar refractivity (Wildman–Crippen MR) is 111 cm³/mol. The van der Waals surface area contributed by atoms with Gasteiger partial charge in [0.1, 0.15) is 0 Å². The summed E-state index contributed by atoms with van der Waals surface area (Å²) in [5.74, 6) is -0.452. The minimum absolute atomic E-state index is 0.216. The van der Waals surface area contributed by atoms with E-state index in [1.807, 2.05) is 60.7 Å². The van der Waals surface area contributed by atoms with Crippen LogP contribution in [0.25, 0.3) is 10.8 Å². The second-order valence-corrected chi connectivity index (χ2v) is 7.07. The number of fused-ring (bicyclic) bond motifs is 2. The first kappa shape index (κ1) is 18.0. The third-order valence-electron chi connectivity index (χ3n) is 5.11. The Labute approximate surface area is 164 Å². The van der Waals surface area contributed by atoms with Gasteiger partial charge in [0.05, 0.1) is 13.0 Å². The maximum atomic E-state index is 12.3. The molecule has 5 nitrogen and oxygen atoms in total. The molecule has 0 saturated carbocycles. The first-order chi connectivity index (χ1) is 13.7. The molecule has 0 unspecified atom stereocenters. The van der Waals surface area contributed by atoms with Gasteiger partial charge in [-0.3, -0.25) is 20.4 Å². The maximum absolute atomic E-state index is 12.3. The number of carbonyl (C=O) groups is 2. The molecule has 1 aliphatic rings. The Balaban J connectivity index is 1.33. The zero-order valence-corrected chi connectivity index (χ0v) is 15.7. The molecule has 28 heavy (non-hydrogen) atoms. The Morgan fingerprint density at radius 1 is 0.857 bits per heavy atom. The zero-order valence-electron chi connectivity index (χ0n) is 15.7. The smallest absolute Gasteiger partial charge is 0.257 e. The van der Waals surface area contributed by atoms with Crippen LogP contribution in [0.5, 0.6) is 0 Å². The Kier molecular flexibility index (Phi) is 5.24. The Hall–Kier alpha value is -3.34. The Morgan fingerprint density at radius 3 is 2.54 bits per heavy atom. The number of benzene rings is 3. The molecule has 2 amide bonds. The third kappa shape index (κ3) is 3.98. The molecule has 0 radical (unpaired) electrons. The molecule has 3 aromatic rings. The lowest BCUT2D eigenvalue weighted by Crippen LogP contribution is -2.47. The molecule has 0 aliphatic carbocycles. The van der Waals surface area contributed by atoms with Crippen LogP contribution in [0, 0.1) is 0 Å². The van der Waals surface area contributed by atoms with Crippen molar-refractivity contribution < 1.29 is 9.59 Å². The van der Waals surface area contributed by atoms with Gasteiger partial charge in [-0.05, 0) is 40.8 Å². The second-order valence-electron chi connectivity index (χ2n) is 7.07. The fourth-order valence-electron chi connectivity index (χ4n) is 3.79. The number of hydrogen-bond donors (Lipinski definition) is 2. The van der Waals surface area contributed by atoms with Gasteiger partial charge in [0.25, 0.3) is 5.91 Å². The zero-order chi connectivity index (χ0) is 19.3. The summed E-state index contributed by atoms with van der Waals surface area (Å²) >= 11 is 0. The molecule has 142 valence electrons. The van der Waals surface area contributed by atoms with Crippen molar-refractivity contribution in [2.24, 2.45) is 0 Å². The van der Waals surface area contributed by atoms with Gasteiger partial charge in [-0.2, -0.15) is 0 Å². The summed E-state index contributed by atoms with van der Waals surface area (Å²) < 4.78 is 0. The number of rotatable bonds is 4. The topological polar surface area (TPSA) is 61.4 Å². The SMILES string of the molecule is O=C(Cc1cccc2ccccc12)NNC(=O)CN1CCCc2ccccc21. The molecule has 0 atom stereocenters. The maximum Gasteiger partial charge on any atom is 0.257 e. The molecule has 3 aromatic carbocycles. The number of carbonyl (C=O) groups excluding carboxylic acids is 2. The number of hydrogen-bond acceptors (Lipinski definition) is 3. The van der Waals surface area contributed by atoms with Gasteiger partial charge in [-0.25, -0.2) is 0 Å². The number of aryl methyl sites for hydroxylation is 1. The fraction of sp³-hybridized carbons (Fsp3) is 0.217. The van der Waals surface area contributed by atoms with E-state index < -0.39 is 0 Å². The van der Waals surface area contributed by atoms with E-state index >= 15 is 0 Å². The molecule has 0 bridgehead atoms. The van der Waals surface area contributed by atoms with Crippen molar-refractivity contribution in [3.8, 4) is 0 Å². The highest BCUT2D eigenvalue weighted by Crippen LogP contribution is 2.26. The summed E-state index contributed by atoms with van der Waals surface area (Å²) in [5.41, 5.74) is 8.40. The minimum Gasteiger partial charge on any atom is -0.362 e. The van der Waals surface area contributed by atoms with E-state index in [4.69, 9.17) is 0 Å². The van der Waals surface area contributed by atoms with Gasteiger partial charge >= 0.3 is 0 Å². The summed E-state index contributed by atoms with van der Waals surface area (Å²) in [5, 5.41) is 2.15. The van der Waals surface area contributed by atoms with Gasteiger partial charge in [-0.15, -0.1) is 0 Å². The fourth-order valence-corrected chi connectivity index (χ4v) is 3.79. The number of hydrazine groups is 1. The van der Waals surface area contributed by atoms with Crippen molar-refractivity contribution in [3.05, 3.63) is 77.9 Å². The molecule has 2 N–H and O–H groups in total. The van der Waals surface area contributed by atoms with Crippen molar-refractivity contribution in [1.82, 2.24) is 10.9 Å². The molecule has 5 heteroatoms. The molecular weight excluding hydrogens is 350 g/mol. The van der Waals surface area contributed by atoms with Crippen LogP contribution >= 0.6 is 0 Å². The summed E-state index contributed by atoms with van der Waals surface area (Å²) in [6.45, 7) is 1.07. The molecule has 1 heterocycles. The lowest BCUT2D eigenvalue weighted by atomic mass is 10.0. The van der Waals surface area contributed by atoms with Crippen LogP contribution in [0.4, 0.5) is 5.69 Å². The van der Waals surface area contributed by atoms with Crippen molar-refractivity contribution in [2.45, 2.75) is 19.3 Å². The normalized spacial score (nSPS) is 13.1. The van der Waals surface area contributed by atoms with E-state index in [1.165, 1.54) is 5.56 Å². The van der Waals surface area contributed by atoms with E-state index in [2.05, 4.69) is 21.8 Å². The molecular formula is C23H23N3O2. The van der Waals surface area contributed by atoms with E-state index in [1.54, 1.807) is 0 Å². The van der Waals surface area contributed by atoms with Crippen LogP contribution in [-0.4, -0.2) is 24.9 Å². The molecule has 0 fully saturated rings. The van der Waals surface area contributed by atoms with Crippen molar-refractivity contribution in [2.75, 3.05) is 18.0 Å². The number of amides is 2. The molecule has 0 spiro atoms. The van der Waals surface area contributed by atoms with Gasteiger partial charge in [0.2, 0.25) is 5.91 Å². The minimum atomic E-state index is -0.233. The predicted octanol–water partition coefficient (Wildman–Crippen LogP) is 2.98. The van der Waals surface area contributed by atoms with Gasteiger partial charge in [-0.1, -0.05) is 60.7 Å². The number of anilines is 1. The quantitative estimate of drug-likeness (QED) is 0.691. The van der Waals surface area contributed by atoms with Crippen LogP contribution in [0.1, 0.15) is 17.5 Å². The first-order valence-electron chi connectivity index (χ1n) is 9.58. The Bertz CT molecular complexity index is 1010. The lowest BCUT2D eigenvalue weighted by molar-refractivity contribution is -0.127. The van der Waals surface area contributed by atoms with Gasteiger partial charge in [0, 0.05) is 12.2 Å². The second kappa shape index (κ2) is 8.13. The first-order valence-corrected chi connectivity index (χ1v) is 9.58. The van der Waals surface area contributed by atoms with Gasteiger partial charge < -0.3 is 4.90 Å². The molecule has 1 aliphatic heterocycles. The van der Waals surface area contributed by atoms with Crippen LogP contribution in [0.3, 0.4) is 0 Å². The van der Waals surface area contributed by atoms with Crippen LogP contribution in [0.15, 0.2) is 66.7 Å². The van der Waals surface area contributed by atoms with Crippen molar-refractivity contribution in [3.63, 3.8) is 0 Å². The molecule has 0 aromatic heterocycles. The molecule has 4 rings (SSSR count). The van der Waals surface area contributed by atoms with Crippen LogP contribution in [-0.2, 0) is 22.4 Å². The van der Waals surface area contributed by atoms with Crippen molar-refractivity contribution in [1.29, 1.82) is 0 Å².